The highest BCUT2D eigenvalue weighted by Crippen LogP contribution is 2.19. The van der Waals surface area contributed by atoms with Crippen molar-refractivity contribution in [2.45, 2.75) is 32.7 Å². The Kier molecular flexibility index (Phi) is 10.2. The van der Waals surface area contributed by atoms with Crippen LogP contribution in [0.1, 0.15) is 19.4 Å². The lowest BCUT2D eigenvalue weighted by Crippen LogP contribution is -2.39. The van der Waals surface area contributed by atoms with Crippen LogP contribution in [0.3, 0.4) is 0 Å². The molecule has 2 aromatic carbocycles. The molecule has 170 valence electrons. The van der Waals surface area contributed by atoms with Crippen LogP contribution in [-0.4, -0.2) is 61.7 Å². The predicted octanol–water partition coefficient (Wildman–Crippen LogP) is 3.67. The van der Waals surface area contributed by atoms with Gasteiger partial charge in [-0.2, -0.15) is 0 Å². The molecule has 2 aromatic rings. The van der Waals surface area contributed by atoms with E-state index in [2.05, 4.69) is 5.32 Å². The summed E-state index contributed by atoms with van der Waals surface area (Å²) in [5.41, 5.74) is 1.40. The molecule has 0 aliphatic heterocycles. The summed E-state index contributed by atoms with van der Waals surface area (Å²) in [4.78, 5) is 13.8. The minimum Gasteiger partial charge on any atom is -0.489 e. The highest BCUT2D eigenvalue weighted by Gasteiger charge is 2.14. The molecule has 31 heavy (non-hydrogen) atoms. The molecule has 0 saturated heterocycles. The highest BCUT2D eigenvalue weighted by molar-refractivity contribution is 5.89. The van der Waals surface area contributed by atoms with E-state index in [1.165, 1.54) is 17.0 Å². The van der Waals surface area contributed by atoms with Crippen molar-refractivity contribution in [2.75, 3.05) is 38.7 Å². The summed E-state index contributed by atoms with van der Waals surface area (Å²) in [6.07, 6.45) is -0.671. The second kappa shape index (κ2) is 12.9. The Hall–Kier alpha value is -2.68. The Morgan fingerprint density at radius 2 is 1.90 bits per heavy atom. The standard InChI is InChI=1S/C23H31FN2O5/c1-17(2)30-12-11-29-16-21(27)14-26(3)23(28)25-20-5-4-6-22(13-20)31-15-18-7-9-19(24)10-8-18/h4-10,13,17,21,27H,11-12,14-16H2,1-3H3,(H,25,28). The molecule has 0 aliphatic carbocycles. The van der Waals surface area contributed by atoms with Gasteiger partial charge in [0, 0.05) is 18.8 Å². The first-order chi connectivity index (χ1) is 14.8. The largest absolute Gasteiger partial charge is 0.489 e. The van der Waals surface area contributed by atoms with Crippen LogP contribution in [-0.2, 0) is 16.1 Å². The number of aliphatic hydroxyl groups excluding tert-OH is 1. The number of halogens is 1. The van der Waals surface area contributed by atoms with Crippen molar-refractivity contribution in [2.24, 2.45) is 0 Å². The number of ether oxygens (including phenoxy) is 3. The number of amides is 2. The van der Waals surface area contributed by atoms with Crippen LogP contribution in [0.15, 0.2) is 48.5 Å². The van der Waals surface area contributed by atoms with Crippen molar-refractivity contribution < 1.29 is 28.5 Å². The molecule has 2 N–H and O–H groups in total. The third kappa shape index (κ3) is 9.78. The zero-order valence-corrected chi connectivity index (χ0v) is 18.2. The maximum absolute atomic E-state index is 13.0. The van der Waals surface area contributed by atoms with Crippen molar-refractivity contribution in [1.82, 2.24) is 4.90 Å². The van der Waals surface area contributed by atoms with E-state index in [1.54, 1.807) is 43.4 Å². The van der Waals surface area contributed by atoms with Gasteiger partial charge in [-0.1, -0.05) is 18.2 Å². The number of carbonyl (C=O) groups is 1. The SMILES string of the molecule is CC(C)OCCOCC(O)CN(C)C(=O)Nc1cccc(OCc2ccc(F)cc2)c1. The average Bonchev–Trinajstić information content (AvgIpc) is 2.73. The lowest BCUT2D eigenvalue weighted by atomic mass is 10.2. The first-order valence-electron chi connectivity index (χ1n) is 10.2. The van der Waals surface area contributed by atoms with Gasteiger partial charge in [0.05, 0.1) is 38.6 Å². The van der Waals surface area contributed by atoms with E-state index >= 15 is 0 Å². The molecule has 1 unspecified atom stereocenters. The zero-order chi connectivity index (χ0) is 22.6. The molecule has 0 heterocycles. The number of anilines is 1. The van der Waals surface area contributed by atoms with Gasteiger partial charge < -0.3 is 29.5 Å². The van der Waals surface area contributed by atoms with Gasteiger partial charge in [-0.25, -0.2) is 9.18 Å². The van der Waals surface area contributed by atoms with Gasteiger partial charge in [-0.3, -0.25) is 0 Å². The van der Waals surface area contributed by atoms with E-state index in [0.717, 1.165) is 5.56 Å². The first kappa shape index (κ1) is 24.6. The molecule has 2 amide bonds. The normalized spacial score (nSPS) is 11.9. The maximum atomic E-state index is 13.0. The summed E-state index contributed by atoms with van der Waals surface area (Å²) < 4.78 is 29.4. The maximum Gasteiger partial charge on any atom is 0.321 e. The Balaban J connectivity index is 1.75. The Labute approximate surface area is 182 Å². The molecule has 0 radical (unpaired) electrons. The second-order valence-corrected chi connectivity index (χ2v) is 7.40. The number of nitrogens with zero attached hydrogens (tertiary/aromatic N) is 1. The smallest absolute Gasteiger partial charge is 0.321 e. The lowest BCUT2D eigenvalue weighted by Gasteiger charge is -2.21. The van der Waals surface area contributed by atoms with Crippen molar-refractivity contribution in [3.05, 3.63) is 59.9 Å². The number of rotatable bonds is 12. The number of nitrogens with one attached hydrogen (secondary N) is 1. The van der Waals surface area contributed by atoms with Crippen molar-refractivity contribution in [3.8, 4) is 5.75 Å². The number of carbonyl (C=O) groups excluding carboxylic acids is 1. The Morgan fingerprint density at radius 3 is 2.61 bits per heavy atom. The molecular formula is C23H31FN2O5. The van der Waals surface area contributed by atoms with Gasteiger partial charge in [0.1, 0.15) is 18.2 Å². The van der Waals surface area contributed by atoms with Crippen molar-refractivity contribution in [3.63, 3.8) is 0 Å². The minimum atomic E-state index is -0.805. The van der Waals surface area contributed by atoms with Crippen LogP contribution >= 0.6 is 0 Å². The number of hydrogen-bond acceptors (Lipinski definition) is 5. The molecule has 0 fully saturated rings. The molecule has 0 aromatic heterocycles. The third-order valence-electron chi connectivity index (χ3n) is 4.22. The molecular weight excluding hydrogens is 403 g/mol. The quantitative estimate of drug-likeness (QED) is 0.498. The van der Waals surface area contributed by atoms with Crippen LogP contribution in [0.5, 0.6) is 5.75 Å². The van der Waals surface area contributed by atoms with Crippen LogP contribution in [0.2, 0.25) is 0 Å². The molecule has 0 saturated carbocycles. The summed E-state index contributed by atoms with van der Waals surface area (Å²) in [6, 6.07) is 12.7. The van der Waals surface area contributed by atoms with Crippen LogP contribution in [0, 0.1) is 5.82 Å². The number of likely N-dealkylation sites (N-methyl/N-ethyl adjacent to an activating group) is 1. The number of hydrogen-bond donors (Lipinski definition) is 2. The van der Waals surface area contributed by atoms with E-state index < -0.39 is 6.10 Å². The van der Waals surface area contributed by atoms with Crippen molar-refractivity contribution in [1.29, 1.82) is 0 Å². The second-order valence-electron chi connectivity index (χ2n) is 7.40. The number of benzene rings is 2. The monoisotopic (exact) mass is 434 g/mol. The summed E-state index contributed by atoms with van der Waals surface area (Å²) in [5, 5.41) is 12.8. The molecule has 2 rings (SSSR count). The first-order valence-corrected chi connectivity index (χ1v) is 10.2. The fraction of sp³-hybridized carbons (Fsp3) is 0.435. The highest BCUT2D eigenvalue weighted by atomic mass is 19.1. The summed E-state index contributed by atoms with van der Waals surface area (Å²) in [5.74, 6) is 0.274. The summed E-state index contributed by atoms with van der Waals surface area (Å²) in [6.45, 7) is 5.25. The van der Waals surface area contributed by atoms with E-state index in [0.29, 0.717) is 24.7 Å². The summed E-state index contributed by atoms with van der Waals surface area (Å²) >= 11 is 0. The average molecular weight is 435 g/mol. The third-order valence-corrected chi connectivity index (χ3v) is 4.22. The summed E-state index contributed by atoms with van der Waals surface area (Å²) in [7, 11) is 1.59. The Morgan fingerprint density at radius 1 is 1.16 bits per heavy atom. The van der Waals surface area contributed by atoms with Crippen molar-refractivity contribution >= 4 is 11.7 Å². The predicted molar refractivity (Wildman–Crippen MR) is 117 cm³/mol. The van der Waals surface area contributed by atoms with Gasteiger partial charge >= 0.3 is 6.03 Å². The fourth-order valence-corrected chi connectivity index (χ4v) is 2.64. The van der Waals surface area contributed by atoms with E-state index in [9.17, 15) is 14.3 Å². The molecule has 7 nitrogen and oxygen atoms in total. The Bertz CT molecular complexity index is 801. The van der Waals surface area contributed by atoms with E-state index in [1.807, 2.05) is 13.8 Å². The van der Waals surface area contributed by atoms with Gasteiger partial charge in [0.2, 0.25) is 0 Å². The van der Waals surface area contributed by atoms with E-state index in [-0.39, 0.29) is 37.7 Å². The van der Waals surface area contributed by atoms with Gasteiger partial charge in [-0.05, 0) is 43.7 Å². The fourth-order valence-electron chi connectivity index (χ4n) is 2.64. The van der Waals surface area contributed by atoms with Gasteiger partial charge in [0.15, 0.2) is 0 Å². The topological polar surface area (TPSA) is 80.3 Å². The van der Waals surface area contributed by atoms with Crippen LogP contribution in [0.25, 0.3) is 0 Å². The van der Waals surface area contributed by atoms with Crippen LogP contribution in [0.4, 0.5) is 14.9 Å². The number of aliphatic hydroxyl groups is 1. The van der Waals surface area contributed by atoms with E-state index in [4.69, 9.17) is 14.2 Å². The van der Waals surface area contributed by atoms with Gasteiger partial charge in [-0.15, -0.1) is 0 Å². The number of urea groups is 1. The van der Waals surface area contributed by atoms with Gasteiger partial charge in [0.25, 0.3) is 0 Å². The molecule has 0 spiro atoms. The molecule has 8 heteroatoms. The minimum absolute atomic E-state index is 0.117. The molecule has 1 atom stereocenters. The van der Waals surface area contributed by atoms with Crippen LogP contribution < -0.4 is 10.1 Å². The lowest BCUT2D eigenvalue weighted by molar-refractivity contribution is -0.0144. The molecule has 0 bridgehead atoms. The molecule has 0 aliphatic rings. The zero-order valence-electron chi connectivity index (χ0n) is 18.2.